The van der Waals surface area contributed by atoms with Gasteiger partial charge in [-0.2, -0.15) is 0 Å². The molecule has 2 aromatic rings. The van der Waals surface area contributed by atoms with Crippen molar-refractivity contribution in [3.05, 3.63) is 64.5 Å². The van der Waals surface area contributed by atoms with E-state index in [4.69, 9.17) is 0 Å². The lowest BCUT2D eigenvalue weighted by Crippen LogP contribution is -2.25. The summed E-state index contributed by atoms with van der Waals surface area (Å²) in [6.07, 6.45) is 0.993. The normalized spacial score (nSPS) is 14.2. The van der Waals surface area contributed by atoms with Crippen molar-refractivity contribution in [2.24, 2.45) is 0 Å². The van der Waals surface area contributed by atoms with Gasteiger partial charge in [-0.1, -0.05) is 37.3 Å². The van der Waals surface area contributed by atoms with Gasteiger partial charge in [0.15, 0.2) is 0 Å². The number of hydrogen-bond donors (Lipinski definition) is 2. The van der Waals surface area contributed by atoms with Crippen molar-refractivity contribution < 1.29 is 9.18 Å². The maximum atomic E-state index is 14.6. The molecule has 1 amide bonds. The molecule has 5 heteroatoms. The fourth-order valence-corrected chi connectivity index (χ4v) is 3.36. The SMILES string of the molecule is Cc1ccccc1C(C)CC(=O)Nc1ccc2c(c1F)CCNC2.Cl. The van der Waals surface area contributed by atoms with Crippen LogP contribution in [0.3, 0.4) is 0 Å². The van der Waals surface area contributed by atoms with Gasteiger partial charge in [-0.05, 0) is 54.1 Å². The summed E-state index contributed by atoms with van der Waals surface area (Å²) in [5.74, 6) is -0.347. The number of nitrogens with one attached hydrogen (secondary N) is 2. The second-order valence-corrected chi connectivity index (χ2v) is 6.50. The van der Waals surface area contributed by atoms with Crippen LogP contribution in [-0.4, -0.2) is 12.5 Å². The lowest BCUT2D eigenvalue weighted by molar-refractivity contribution is -0.116. The zero-order valence-electron chi connectivity index (χ0n) is 14.6. The van der Waals surface area contributed by atoms with Crippen LogP contribution in [0, 0.1) is 12.7 Å². The first kappa shape index (κ1) is 19.4. The fraction of sp³-hybridized carbons (Fsp3) is 0.350. The lowest BCUT2D eigenvalue weighted by atomic mass is 9.93. The molecule has 0 fully saturated rings. The van der Waals surface area contributed by atoms with Gasteiger partial charge in [-0.3, -0.25) is 4.79 Å². The van der Waals surface area contributed by atoms with Crippen LogP contribution in [0.5, 0.6) is 0 Å². The first-order valence-corrected chi connectivity index (χ1v) is 8.42. The summed E-state index contributed by atoms with van der Waals surface area (Å²) >= 11 is 0. The third-order valence-electron chi connectivity index (χ3n) is 4.69. The first-order valence-electron chi connectivity index (χ1n) is 8.42. The summed E-state index contributed by atoms with van der Waals surface area (Å²) in [5, 5.41) is 5.97. The van der Waals surface area contributed by atoms with Crippen LogP contribution in [-0.2, 0) is 17.8 Å². The topological polar surface area (TPSA) is 41.1 Å². The van der Waals surface area contributed by atoms with Crippen LogP contribution >= 0.6 is 12.4 Å². The van der Waals surface area contributed by atoms with E-state index in [1.807, 2.05) is 44.2 Å². The molecule has 1 unspecified atom stereocenters. The van der Waals surface area contributed by atoms with Crippen LogP contribution in [0.25, 0.3) is 0 Å². The molecule has 134 valence electrons. The highest BCUT2D eigenvalue weighted by atomic mass is 35.5. The molecular weight excluding hydrogens is 339 g/mol. The second kappa shape index (κ2) is 8.45. The molecule has 0 radical (unpaired) electrons. The summed E-state index contributed by atoms with van der Waals surface area (Å²) < 4.78 is 14.6. The Balaban J connectivity index is 0.00000225. The average Bonchev–Trinajstić information content (AvgIpc) is 2.58. The zero-order valence-corrected chi connectivity index (χ0v) is 15.4. The van der Waals surface area contributed by atoms with Gasteiger partial charge in [0.05, 0.1) is 5.69 Å². The summed E-state index contributed by atoms with van der Waals surface area (Å²) in [7, 11) is 0. The second-order valence-electron chi connectivity index (χ2n) is 6.50. The molecule has 2 aromatic carbocycles. The highest BCUT2D eigenvalue weighted by Gasteiger charge is 2.19. The van der Waals surface area contributed by atoms with Gasteiger partial charge in [-0.15, -0.1) is 12.4 Å². The predicted molar refractivity (Wildman–Crippen MR) is 102 cm³/mol. The molecule has 1 aliphatic rings. The van der Waals surface area contributed by atoms with Crippen LogP contribution in [0.4, 0.5) is 10.1 Å². The van der Waals surface area contributed by atoms with E-state index in [-0.39, 0.29) is 35.7 Å². The van der Waals surface area contributed by atoms with Gasteiger partial charge in [-0.25, -0.2) is 4.39 Å². The Labute approximate surface area is 154 Å². The average molecular weight is 363 g/mol. The number of benzene rings is 2. The number of anilines is 1. The minimum Gasteiger partial charge on any atom is -0.324 e. The van der Waals surface area contributed by atoms with E-state index >= 15 is 0 Å². The van der Waals surface area contributed by atoms with Crippen molar-refractivity contribution >= 4 is 24.0 Å². The number of rotatable bonds is 4. The molecule has 3 rings (SSSR count). The fourth-order valence-electron chi connectivity index (χ4n) is 3.36. The molecule has 0 saturated heterocycles. The number of amides is 1. The van der Waals surface area contributed by atoms with Gasteiger partial charge in [0.2, 0.25) is 5.91 Å². The van der Waals surface area contributed by atoms with Gasteiger partial charge in [0, 0.05) is 13.0 Å². The van der Waals surface area contributed by atoms with E-state index < -0.39 is 0 Å². The van der Waals surface area contributed by atoms with E-state index in [1.54, 1.807) is 6.07 Å². The van der Waals surface area contributed by atoms with E-state index in [0.717, 1.165) is 23.2 Å². The Bertz CT molecular complexity index is 763. The monoisotopic (exact) mass is 362 g/mol. The number of carbonyl (C=O) groups is 1. The standard InChI is InChI=1S/C20H23FN2O.ClH/c1-13-5-3-4-6-16(13)14(2)11-19(24)23-18-8-7-15-12-22-10-9-17(15)20(18)21;/h3-8,14,22H,9-12H2,1-2H3,(H,23,24);1H. The molecule has 2 N–H and O–H groups in total. The molecule has 25 heavy (non-hydrogen) atoms. The number of aryl methyl sites for hydroxylation is 1. The van der Waals surface area contributed by atoms with Crippen molar-refractivity contribution in [3.8, 4) is 0 Å². The van der Waals surface area contributed by atoms with E-state index in [2.05, 4.69) is 10.6 Å². The summed E-state index contributed by atoms with van der Waals surface area (Å²) in [6.45, 7) is 5.52. The van der Waals surface area contributed by atoms with E-state index in [1.165, 1.54) is 5.56 Å². The van der Waals surface area contributed by atoms with Gasteiger partial charge < -0.3 is 10.6 Å². The maximum Gasteiger partial charge on any atom is 0.225 e. The molecule has 0 aliphatic carbocycles. The summed E-state index contributed by atoms with van der Waals surface area (Å²) in [4.78, 5) is 12.3. The highest BCUT2D eigenvalue weighted by Crippen LogP contribution is 2.26. The van der Waals surface area contributed by atoms with Gasteiger partial charge in [0.1, 0.15) is 5.82 Å². The minimum absolute atomic E-state index is 0. The molecule has 0 saturated carbocycles. The Hall–Kier alpha value is -1.91. The van der Waals surface area contributed by atoms with Crippen LogP contribution < -0.4 is 10.6 Å². The third kappa shape index (κ3) is 4.39. The molecule has 1 atom stereocenters. The van der Waals surface area contributed by atoms with Crippen molar-refractivity contribution in [1.82, 2.24) is 5.32 Å². The quantitative estimate of drug-likeness (QED) is 0.849. The zero-order chi connectivity index (χ0) is 17.1. The molecule has 0 aromatic heterocycles. The molecular formula is C20H24ClFN2O. The predicted octanol–water partition coefficient (Wildman–Crippen LogP) is 4.33. The van der Waals surface area contributed by atoms with Gasteiger partial charge in [0.25, 0.3) is 0 Å². The molecule has 1 aliphatic heterocycles. The molecule has 0 spiro atoms. The van der Waals surface area contributed by atoms with Crippen LogP contribution in [0.2, 0.25) is 0 Å². The Morgan fingerprint density at radius 2 is 2.04 bits per heavy atom. The summed E-state index contributed by atoms with van der Waals surface area (Å²) in [5.41, 5.74) is 4.32. The van der Waals surface area contributed by atoms with E-state index in [0.29, 0.717) is 19.4 Å². The Morgan fingerprint density at radius 1 is 1.28 bits per heavy atom. The highest BCUT2D eigenvalue weighted by molar-refractivity contribution is 5.91. The third-order valence-corrected chi connectivity index (χ3v) is 4.69. The molecule has 3 nitrogen and oxygen atoms in total. The van der Waals surface area contributed by atoms with Crippen LogP contribution in [0.1, 0.15) is 41.5 Å². The van der Waals surface area contributed by atoms with Crippen molar-refractivity contribution in [2.75, 3.05) is 11.9 Å². The number of carbonyl (C=O) groups excluding carboxylic acids is 1. The van der Waals surface area contributed by atoms with Crippen molar-refractivity contribution in [1.29, 1.82) is 0 Å². The number of halogens is 2. The van der Waals surface area contributed by atoms with Crippen molar-refractivity contribution in [2.45, 2.75) is 39.2 Å². The van der Waals surface area contributed by atoms with E-state index in [9.17, 15) is 9.18 Å². The van der Waals surface area contributed by atoms with Crippen molar-refractivity contribution in [3.63, 3.8) is 0 Å². The first-order chi connectivity index (χ1) is 11.6. The number of hydrogen-bond acceptors (Lipinski definition) is 2. The largest absolute Gasteiger partial charge is 0.324 e. The minimum atomic E-state index is -0.286. The Kier molecular flexibility index (Phi) is 6.57. The molecule has 0 bridgehead atoms. The lowest BCUT2D eigenvalue weighted by Gasteiger charge is -2.20. The smallest absolute Gasteiger partial charge is 0.225 e. The Morgan fingerprint density at radius 3 is 2.80 bits per heavy atom. The summed E-state index contributed by atoms with van der Waals surface area (Å²) in [6, 6.07) is 11.6. The maximum absolute atomic E-state index is 14.6. The van der Waals surface area contributed by atoms with Gasteiger partial charge >= 0.3 is 0 Å². The number of fused-ring (bicyclic) bond motifs is 1. The van der Waals surface area contributed by atoms with Crippen LogP contribution in [0.15, 0.2) is 36.4 Å². The molecule has 1 heterocycles.